The second-order valence-electron chi connectivity index (χ2n) is 6.68. The summed E-state index contributed by atoms with van der Waals surface area (Å²) >= 11 is 0. The van der Waals surface area contributed by atoms with Crippen LogP contribution in [0.15, 0.2) is 48.5 Å². The first-order valence-corrected chi connectivity index (χ1v) is 9.26. The highest BCUT2D eigenvalue weighted by Gasteiger charge is 2.31. The number of hydrogen-bond acceptors (Lipinski definition) is 6. The first-order valence-electron chi connectivity index (χ1n) is 9.26. The molecule has 2 aromatic carbocycles. The molecule has 0 bridgehead atoms. The van der Waals surface area contributed by atoms with Crippen molar-refractivity contribution < 1.29 is 28.7 Å². The van der Waals surface area contributed by atoms with Crippen LogP contribution in [0, 0.1) is 0 Å². The zero-order chi connectivity index (χ0) is 21.7. The lowest BCUT2D eigenvalue weighted by atomic mass is 10.1. The minimum atomic E-state index is -1.08. The number of anilines is 3. The number of rotatable bonds is 6. The van der Waals surface area contributed by atoms with Gasteiger partial charge in [0.2, 0.25) is 5.91 Å². The lowest BCUT2D eigenvalue weighted by Crippen LogP contribution is -2.40. The predicted molar refractivity (Wildman–Crippen MR) is 109 cm³/mol. The van der Waals surface area contributed by atoms with Gasteiger partial charge in [0.15, 0.2) is 12.2 Å². The molecule has 156 valence electrons. The normalized spacial score (nSPS) is 15.7. The van der Waals surface area contributed by atoms with Crippen LogP contribution in [0.5, 0.6) is 5.75 Å². The summed E-state index contributed by atoms with van der Waals surface area (Å²) < 4.78 is 10.7. The predicted octanol–water partition coefficient (Wildman–Crippen LogP) is 2.31. The molecule has 9 nitrogen and oxygen atoms in total. The maximum Gasteiger partial charge on any atom is 0.310 e. The zero-order valence-corrected chi connectivity index (χ0v) is 16.4. The molecule has 0 aliphatic carbocycles. The van der Waals surface area contributed by atoms with E-state index in [0.29, 0.717) is 22.8 Å². The molecule has 0 saturated carbocycles. The first-order chi connectivity index (χ1) is 14.3. The summed E-state index contributed by atoms with van der Waals surface area (Å²) in [6, 6.07) is 13.3. The molecule has 0 unspecified atom stereocenters. The van der Waals surface area contributed by atoms with Crippen molar-refractivity contribution in [1.82, 2.24) is 0 Å². The van der Waals surface area contributed by atoms with Crippen molar-refractivity contribution in [3.8, 4) is 5.75 Å². The largest absolute Gasteiger partial charge is 0.478 e. The Labute approximate surface area is 172 Å². The molecule has 1 aliphatic heterocycles. The smallest absolute Gasteiger partial charge is 0.310 e. The summed E-state index contributed by atoms with van der Waals surface area (Å²) in [6.07, 6.45) is -2.45. The van der Waals surface area contributed by atoms with Crippen LogP contribution in [-0.4, -0.2) is 35.9 Å². The van der Waals surface area contributed by atoms with Crippen LogP contribution in [0.1, 0.15) is 20.3 Å². The van der Waals surface area contributed by atoms with Crippen LogP contribution in [0.3, 0.4) is 0 Å². The van der Waals surface area contributed by atoms with Crippen molar-refractivity contribution in [2.24, 2.45) is 0 Å². The van der Waals surface area contributed by atoms with E-state index in [1.807, 2.05) is 0 Å². The second kappa shape index (κ2) is 9.08. The number of ether oxygens (including phenoxy) is 2. The number of carbonyl (C=O) groups excluding carboxylic acids is 4. The van der Waals surface area contributed by atoms with Crippen LogP contribution in [0.25, 0.3) is 0 Å². The molecule has 0 fully saturated rings. The van der Waals surface area contributed by atoms with Crippen LogP contribution < -0.4 is 20.7 Å². The van der Waals surface area contributed by atoms with Gasteiger partial charge in [-0.25, -0.2) is 0 Å². The molecule has 0 radical (unpaired) electrons. The molecule has 0 aromatic heterocycles. The van der Waals surface area contributed by atoms with Gasteiger partial charge in [0, 0.05) is 18.3 Å². The van der Waals surface area contributed by atoms with E-state index >= 15 is 0 Å². The van der Waals surface area contributed by atoms with Gasteiger partial charge in [-0.05, 0) is 43.3 Å². The van der Waals surface area contributed by atoms with E-state index in [9.17, 15) is 19.2 Å². The molecule has 3 amide bonds. The van der Waals surface area contributed by atoms with Gasteiger partial charge in [0.25, 0.3) is 11.8 Å². The Morgan fingerprint density at radius 2 is 1.70 bits per heavy atom. The lowest BCUT2D eigenvalue weighted by molar-refractivity contribution is -0.155. The molecule has 30 heavy (non-hydrogen) atoms. The fourth-order valence-electron chi connectivity index (χ4n) is 2.76. The van der Waals surface area contributed by atoms with Crippen molar-refractivity contribution in [2.75, 3.05) is 16.0 Å². The molecule has 3 rings (SSSR count). The summed E-state index contributed by atoms with van der Waals surface area (Å²) in [7, 11) is 0. The Kier molecular flexibility index (Phi) is 6.31. The van der Waals surface area contributed by atoms with E-state index in [1.165, 1.54) is 13.8 Å². The summed E-state index contributed by atoms with van der Waals surface area (Å²) in [5, 5.41) is 7.89. The van der Waals surface area contributed by atoms with Gasteiger partial charge in [0.1, 0.15) is 5.75 Å². The number of hydrogen-bond donors (Lipinski definition) is 3. The summed E-state index contributed by atoms with van der Waals surface area (Å²) in [5.74, 6) is -1.47. The van der Waals surface area contributed by atoms with E-state index in [1.54, 1.807) is 48.5 Å². The average Bonchev–Trinajstić information content (AvgIpc) is 2.69. The van der Waals surface area contributed by atoms with E-state index < -0.39 is 30.0 Å². The van der Waals surface area contributed by atoms with Gasteiger partial charge in [0.05, 0.1) is 12.1 Å². The molecule has 3 N–H and O–H groups in total. The highest BCUT2D eigenvalue weighted by atomic mass is 16.6. The maximum atomic E-state index is 12.3. The quantitative estimate of drug-likeness (QED) is 0.627. The average molecular weight is 411 g/mol. The lowest BCUT2D eigenvalue weighted by Gasteiger charge is -2.25. The van der Waals surface area contributed by atoms with E-state index in [-0.39, 0.29) is 12.3 Å². The van der Waals surface area contributed by atoms with Gasteiger partial charge in [-0.15, -0.1) is 0 Å². The zero-order valence-electron chi connectivity index (χ0n) is 16.4. The molecule has 0 saturated heterocycles. The Bertz CT molecular complexity index is 973. The van der Waals surface area contributed by atoms with Gasteiger partial charge in [-0.2, -0.15) is 0 Å². The van der Waals surface area contributed by atoms with Crippen molar-refractivity contribution >= 4 is 40.8 Å². The fraction of sp³-hybridized carbons (Fsp3) is 0.238. The van der Waals surface area contributed by atoms with Crippen molar-refractivity contribution in [3.63, 3.8) is 0 Å². The molecule has 9 heteroatoms. The number of benzene rings is 2. The Morgan fingerprint density at radius 1 is 1.07 bits per heavy atom. The minimum absolute atomic E-state index is 0.202. The van der Waals surface area contributed by atoms with Crippen LogP contribution in [-0.2, 0) is 23.9 Å². The standard InChI is InChI=1S/C21H21N3O6/c1-12(20(27)23-15-9-7-14(8-10-15)22-13(2)25)29-19(26)11-18-21(28)24-16-5-3-4-6-17(16)30-18/h3-10,12,18H,11H2,1-2H3,(H,22,25)(H,23,27)(H,24,28)/t12-,18-/m0/s1. The SMILES string of the molecule is CC(=O)Nc1ccc(NC(=O)[C@H](C)OC(=O)C[C@@H]2Oc3ccccc3NC2=O)cc1. The van der Waals surface area contributed by atoms with Crippen molar-refractivity contribution in [1.29, 1.82) is 0 Å². The monoisotopic (exact) mass is 411 g/mol. The van der Waals surface area contributed by atoms with Crippen LogP contribution in [0.2, 0.25) is 0 Å². The van der Waals surface area contributed by atoms with Gasteiger partial charge >= 0.3 is 5.97 Å². The van der Waals surface area contributed by atoms with Crippen molar-refractivity contribution in [2.45, 2.75) is 32.5 Å². The van der Waals surface area contributed by atoms with E-state index in [4.69, 9.17) is 9.47 Å². The number of fused-ring (bicyclic) bond motifs is 1. The molecular weight excluding hydrogens is 390 g/mol. The topological polar surface area (TPSA) is 123 Å². The molecular formula is C21H21N3O6. The first kappa shape index (κ1) is 20.8. The fourth-order valence-corrected chi connectivity index (χ4v) is 2.76. The Hall–Kier alpha value is -3.88. The number of amides is 3. The second-order valence-corrected chi connectivity index (χ2v) is 6.68. The minimum Gasteiger partial charge on any atom is -0.478 e. The molecule has 1 aliphatic rings. The van der Waals surface area contributed by atoms with E-state index in [0.717, 1.165) is 0 Å². The number of para-hydroxylation sites is 2. The molecule has 1 heterocycles. The van der Waals surface area contributed by atoms with Crippen LogP contribution in [0.4, 0.5) is 17.1 Å². The third-order valence-electron chi connectivity index (χ3n) is 4.21. The van der Waals surface area contributed by atoms with Gasteiger partial charge < -0.3 is 25.4 Å². The van der Waals surface area contributed by atoms with Crippen molar-refractivity contribution in [3.05, 3.63) is 48.5 Å². The summed E-state index contributed by atoms with van der Waals surface area (Å²) in [6.45, 7) is 2.82. The third kappa shape index (κ3) is 5.34. The van der Waals surface area contributed by atoms with Gasteiger partial charge in [-0.1, -0.05) is 12.1 Å². The Balaban J connectivity index is 1.51. The maximum absolute atomic E-state index is 12.3. The highest BCUT2D eigenvalue weighted by molar-refractivity contribution is 6.00. The molecule has 2 aromatic rings. The number of esters is 1. The van der Waals surface area contributed by atoms with Crippen LogP contribution >= 0.6 is 0 Å². The number of nitrogens with one attached hydrogen (secondary N) is 3. The summed E-state index contributed by atoms with van der Waals surface area (Å²) in [5.41, 5.74) is 1.60. The molecule has 2 atom stereocenters. The number of carbonyl (C=O) groups is 4. The Morgan fingerprint density at radius 3 is 2.37 bits per heavy atom. The highest BCUT2D eigenvalue weighted by Crippen LogP contribution is 2.29. The third-order valence-corrected chi connectivity index (χ3v) is 4.21. The molecule has 0 spiro atoms. The van der Waals surface area contributed by atoms with E-state index in [2.05, 4.69) is 16.0 Å². The summed E-state index contributed by atoms with van der Waals surface area (Å²) in [4.78, 5) is 47.6. The van der Waals surface area contributed by atoms with Gasteiger partial charge in [-0.3, -0.25) is 19.2 Å².